The summed E-state index contributed by atoms with van der Waals surface area (Å²) in [6.45, 7) is 3.68. The Morgan fingerprint density at radius 2 is 1.96 bits per heavy atom. The first kappa shape index (κ1) is 18.2. The van der Waals surface area contributed by atoms with Crippen LogP contribution in [-0.4, -0.2) is 26.9 Å². The van der Waals surface area contributed by atoms with E-state index in [0.29, 0.717) is 39.3 Å². The van der Waals surface area contributed by atoms with Crippen LogP contribution in [0, 0.1) is 6.92 Å². The standard InChI is InChI=1S/C20H18N4O3S/c1-12(18-23-22-13(2)27-18)28-20-21-17-10-5-4-9-16(17)19(25)24(20)14-7-6-8-15(11-14)26-3/h4-12H,1-3H3/t12-/m0/s1. The molecule has 142 valence electrons. The Bertz CT molecular complexity index is 1200. The van der Waals surface area contributed by atoms with Gasteiger partial charge in [0.1, 0.15) is 5.75 Å². The zero-order valence-electron chi connectivity index (χ0n) is 15.6. The van der Waals surface area contributed by atoms with Crippen LogP contribution in [0.1, 0.15) is 24.0 Å². The van der Waals surface area contributed by atoms with Gasteiger partial charge in [0, 0.05) is 13.0 Å². The van der Waals surface area contributed by atoms with E-state index in [1.165, 1.54) is 11.8 Å². The van der Waals surface area contributed by atoms with E-state index < -0.39 is 0 Å². The molecule has 0 spiro atoms. The van der Waals surface area contributed by atoms with E-state index in [2.05, 4.69) is 10.2 Å². The Kier molecular flexibility index (Phi) is 4.87. The zero-order valence-corrected chi connectivity index (χ0v) is 16.4. The van der Waals surface area contributed by atoms with Gasteiger partial charge in [-0.2, -0.15) is 0 Å². The van der Waals surface area contributed by atoms with Crippen LogP contribution in [0.3, 0.4) is 0 Å². The number of methoxy groups -OCH3 is 1. The van der Waals surface area contributed by atoms with Gasteiger partial charge in [-0.1, -0.05) is 30.0 Å². The van der Waals surface area contributed by atoms with E-state index in [1.54, 1.807) is 24.7 Å². The lowest BCUT2D eigenvalue weighted by Crippen LogP contribution is -2.22. The number of thioether (sulfide) groups is 1. The monoisotopic (exact) mass is 394 g/mol. The molecule has 2 aromatic carbocycles. The molecule has 2 heterocycles. The quantitative estimate of drug-likeness (QED) is 0.374. The molecule has 4 rings (SSSR count). The highest BCUT2D eigenvalue weighted by Crippen LogP contribution is 2.34. The maximum atomic E-state index is 13.3. The third-order valence-electron chi connectivity index (χ3n) is 4.23. The number of hydrogen-bond acceptors (Lipinski definition) is 7. The molecule has 0 amide bonds. The summed E-state index contributed by atoms with van der Waals surface area (Å²) in [6, 6.07) is 14.6. The highest BCUT2D eigenvalue weighted by molar-refractivity contribution is 7.99. The molecule has 0 aliphatic rings. The summed E-state index contributed by atoms with van der Waals surface area (Å²) in [6.07, 6.45) is 0. The number of hydrogen-bond donors (Lipinski definition) is 0. The van der Waals surface area contributed by atoms with Crippen LogP contribution in [-0.2, 0) is 0 Å². The van der Waals surface area contributed by atoms with Crippen LogP contribution in [0.15, 0.2) is 62.9 Å². The number of nitrogens with zero attached hydrogens (tertiary/aromatic N) is 4. The number of benzene rings is 2. The van der Waals surface area contributed by atoms with E-state index >= 15 is 0 Å². The highest BCUT2D eigenvalue weighted by atomic mass is 32.2. The molecule has 0 saturated heterocycles. The minimum absolute atomic E-state index is 0.143. The summed E-state index contributed by atoms with van der Waals surface area (Å²) in [4.78, 5) is 18.0. The van der Waals surface area contributed by atoms with Crippen LogP contribution in [0.4, 0.5) is 0 Å². The van der Waals surface area contributed by atoms with Crippen molar-refractivity contribution in [2.24, 2.45) is 0 Å². The Morgan fingerprint density at radius 1 is 1.14 bits per heavy atom. The van der Waals surface area contributed by atoms with Crippen LogP contribution >= 0.6 is 11.8 Å². The lowest BCUT2D eigenvalue weighted by Gasteiger charge is -2.15. The summed E-state index contributed by atoms with van der Waals surface area (Å²) >= 11 is 1.39. The Balaban J connectivity index is 1.89. The molecular weight excluding hydrogens is 376 g/mol. The first-order valence-electron chi connectivity index (χ1n) is 8.69. The van der Waals surface area contributed by atoms with Crippen molar-refractivity contribution in [2.45, 2.75) is 24.3 Å². The molecule has 4 aromatic rings. The third-order valence-corrected chi connectivity index (χ3v) is 5.27. The van der Waals surface area contributed by atoms with Crippen molar-refractivity contribution >= 4 is 22.7 Å². The maximum Gasteiger partial charge on any atom is 0.266 e. The van der Waals surface area contributed by atoms with Crippen molar-refractivity contribution in [1.29, 1.82) is 0 Å². The summed E-state index contributed by atoms with van der Waals surface area (Å²) in [5.41, 5.74) is 1.18. The number of para-hydroxylation sites is 1. The number of aromatic nitrogens is 4. The summed E-state index contributed by atoms with van der Waals surface area (Å²) in [7, 11) is 1.59. The average Bonchev–Trinajstić information content (AvgIpc) is 3.15. The molecule has 28 heavy (non-hydrogen) atoms. The molecule has 8 heteroatoms. The van der Waals surface area contributed by atoms with Gasteiger partial charge in [0.2, 0.25) is 11.8 Å². The Morgan fingerprint density at radius 3 is 2.71 bits per heavy atom. The van der Waals surface area contributed by atoms with E-state index in [-0.39, 0.29) is 10.8 Å². The predicted octanol–water partition coefficient (Wildman–Crippen LogP) is 3.94. The lowest BCUT2D eigenvalue weighted by atomic mass is 10.2. The topological polar surface area (TPSA) is 83.0 Å². The molecule has 0 bridgehead atoms. The summed E-state index contributed by atoms with van der Waals surface area (Å²) in [5, 5.41) is 8.89. The second-order valence-corrected chi connectivity index (χ2v) is 7.48. The van der Waals surface area contributed by atoms with Crippen molar-refractivity contribution in [3.63, 3.8) is 0 Å². The Labute approximate surface area is 165 Å². The van der Waals surface area contributed by atoms with Gasteiger partial charge < -0.3 is 9.15 Å². The zero-order chi connectivity index (χ0) is 19.7. The molecule has 0 unspecified atom stereocenters. The first-order valence-corrected chi connectivity index (χ1v) is 9.57. The second kappa shape index (κ2) is 7.47. The fraction of sp³-hybridized carbons (Fsp3) is 0.200. The molecule has 0 aliphatic heterocycles. The van der Waals surface area contributed by atoms with Crippen LogP contribution in [0.5, 0.6) is 5.75 Å². The minimum Gasteiger partial charge on any atom is -0.497 e. The molecular formula is C20H18N4O3S. The van der Waals surface area contributed by atoms with E-state index in [1.807, 2.05) is 49.4 Å². The molecule has 2 aromatic heterocycles. The largest absolute Gasteiger partial charge is 0.497 e. The average molecular weight is 394 g/mol. The van der Waals surface area contributed by atoms with Crippen molar-refractivity contribution in [3.05, 3.63) is 70.7 Å². The van der Waals surface area contributed by atoms with Gasteiger partial charge in [-0.3, -0.25) is 9.36 Å². The molecule has 0 aliphatic carbocycles. The molecule has 0 radical (unpaired) electrons. The number of aryl methyl sites for hydroxylation is 1. The van der Waals surface area contributed by atoms with Crippen molar-refractivity contribution in [3.8, 4) is 11.4 Å². The minimum atomic E-state index is -0.175. The van der Waals surface area contributed by atoms with Gasteiger partial charge in [-0.15, -0.1) is 10.2 Å². The highest BCUT2D eigenvalue weighted by Gasteiger charge is 2.20. The molecule has 0 saturated carbocycles. The van der Waals surface area contributed by atoms with E-state index in [4.69, 9.17) is 14.1 Å². The first-order chi connectivity index (χ1) is 13.6. The number of fused-ring (bicyclic) bond motifs is 1. The van der Waals surface area contributed by atoms with Gasteiger partial charge in [0.05, 0.1) is 29.0 Å². The number of ether oxygens (including phenoxy) is 1. The fourth-order valence-corrected chi connectivity index (χ4v) is 3.81. The van der Waals surface area contributed by atoms with Crippen LogP contribution < -0.4 is 10.3 Å². The third kappa shape index (κ3) is 3.38. The van der Waals surface area contributed by atoms with Crippen LogP contribution in [0.2, 0.25) is 0 Å². The van der Waals surface area contributed by atoms with Crippen molar-refractivity contribution < 1.29 is 9.15 Å². The summed E-state index contributed by atoms with van der Waals surface area (Å²) < 4.78 is 12.5. The fourth-order valence-electron chi connectivity index (χ4n) is 2.85. The maximum absolute atomic E-state index is 13.3. The summed E-state index contributed by atoms with van der Waals surface area (Å²) in [5.74, 6) is 1.65. The Hall–Kier alpha value is -3.13. The van der Waals surface area contributed by atoms with Gasteiger partial charge in [-0.25, -0.2) is 4.98 Å². The molecule has 1 atom stereocenters. The van der Waals surface area contributed by atoms with E-state index in [0.717, 1.165) is 0 Å². The second-order valence-electron chi connectivity index (χ2n) is 6.17. The molecule has 7 nitrogen and oxygen atoms in total. The molecule has 0 N–H and O–H groups in total. The lowest BCUT2D eigenvalue weighted by molar-refractivity contribution is 0.414. The number of rotatable bonds is 5. The van der Waals surface area contributed by atoms with E-state index in [9.17, 15) is 4.79 Å². The normalized spacial score (nSPS) is 12.2. The molecule has 0 fully saturated rings. The van der Waals surface area contributed by atoms with Crippen molar-refractivity contribution in [1.82, 2.24) is 19.7 Å². The van der Waals surface area contributed by atoms with Gasteiger partial charge in [-0.05, 0) is 31.2 Å². The van der Waals surface area contributed by atoms with Crippen LogP contribution in [0.25, 0.3) is 16.6 Å². The van der Waals surface area contributed by atoms with Gasteiger partial charge in [0.15, 0.2) is 5.16 Å². The van der Waals surface area contributed by atoms with Gasteiger partial charge >= 0.3 is 0 Å². The van der Waals surface area contributed by atoms with Gasteiger partial charge in [0.25, 0.3) is 5.56 Å². The smallest absolute Gasteiger partial charge is 0.266 e. The SMILES string of the molecule is COc1cccc(-n2c(S[C@@H](C)c3nnc(C)o3)nc3ccccc3c2=O)c1. The van der Waals surface area contributed by atoms with Crippen molar-refractivity contribution in [2.75, 3.05) is 7.11 Å². The predicted molar refractivity (Wildman–Crippen MR) is 107 cm³/mol.